The molecule has 0 atom stereocenters. The van der Waals surface area contributed by atoms with Crippen molar-refractivity contribution in [2.24, 2.45) is 0 Å². The number of nitrogens with one attached hydrogen (secondary N) is 2. The summed E-state index contributed by atoms with van der Waals surface area (Å²) in [4.78, 5) is 28.8. The van der Waals surface area contributed by atoms with E-state index in [1.165, 1.54) is 11.3 Å². The van der Waals surface area contributed by atoms with Crippen LogP contribution in [0.5, 0.6) is 0 Å². The van der Waals surface area contributed by atoms with Gasteiger partial charge in [0.1, 0.15) is 0 Å². The number of nitrogens with zero attached hydrogens (tertiary/aromatic N) is 1. The third-order valence-corrected chi connectivity index (χ3v) is 5.56. The number of thiazole rings is 1. The van der Waals surface area contributed by atoms with E-state index >= 15 is 0 Å². The van der Waals surface area contributed by atoms with E-state index in [1.54, 1.807) is 0 Å². The molecule has 0 saturated heterocycles. The van der Waals surface area contributed by atoms with E-state index in [9.17, 15) is 9.59 Å². The molecule has 4 aromatic rings. The van der Waals surface area contributed by atoms with Crippen molar-refractivity contribution in [3.63, 3.8) is 0 Å². The molecule has 0 aliphatic rings. The van der Waals surface area contributed by atoms with Crippen LogP contribution in [0.2, 0.25) is 0 Å². The highest BCUT2D eigenvalue weighted by Crippen LogP contribution is 2.29. The third kappa shape index (κ3) is 4.55. The summed E-state index contributed by atoms with van der Waals surface area (Å²) in [6.45, 7) is 1.96. The molecule has 2 amide bonds. The summed E-state index contributed by atoms with van der Waals surface area (Å²) in [6, 6.07) is 23.1. The van der Waals surface area contributed by atoms with E-state index in [1.807, 2.05) is 79.7 Å². The molecular weight excluding hydrogens is 394 g/mol. The Morgan fingerprint density at radius 2 is 1.63 bits per heavy atom. The average Bonchev–Trinajstić information content (AvgIpc) is 3.16. The van der Waals surface area contributed by atoms with Crippen molar-refractivity contribution in [3.05, 3.63) is 78.4 Å². The number of rotatable bonds is 6. The van der Waals surface area contributed by atoms with Gasteiger partial charge in [-0.25, -0.2) is 4.98 Å². The molecule has 5 nitrogen and oxygen atoms in total. The molecule has 0 aliphatic carbocycles. The second kappa shape index (κ2) is 8.88. The number of hydrogen-bond acceptors (Lipinski definition) is 4. The minimum atomic E-state index is -0.171. The lowest BCUT2D eigenvalue weighted by molar-refractivity contribution is -0.116. The molecule has 0 spiro atoms. The number of carbonyl (C=O) groups is 2. The molecular formula is C24H21N3O2S. The Kier molecular flexibility index (Phi) is 5.86. The van der Waals surface area contributed by atoms with Crippen LogP contribution in [-0.2, 0) is 4.79 Å². The van der Waals surface area contributed by atoms with Gasteiger partial charge in [0.2, 0.25) is 5.91 Å². The summed E-state index contributed by atoms with van der Waals surface area (Å²) in [7, 11) is 0. The van der Waals surface area contributed by atoms with Gasteiger partial charge in [0.05, 0.1) is 10.2 Å². The maximum absolute atomic E-state index is 12.6. The van der Waals surface area contributed by atoms with E-state index in [4.69, 9.17) is 0 Å². The van der Waals surface area contributed by atoms with Gasteiger partial charge in [0.15, 0.2) is 5.13 Å². The first-order valence-corrected chi connectivity index (χ1v) is 10.6. The van der Waals surface area contributed by atoms with Crippen molar-refractivity contribution in [2.75, 3.05) is 10.6 Å². The van der Waals surface area contributed by atoms with Crippen LogP contribution in [0.3, 0.4) is 0 Å². The van der Waals surface area contributed by atoms with Crippen LogP contribution in [0.1, 0.15) is 30.1 Å². The minimum absolute atomic E-state index is 0.0379. The summed E-state index contributed by atoms with van der Waals surface area (Å²) in [5.74, 6) is -0.209. The van der Waals surface area contributed by atoms with E-state index in [0.717, 1.165) is 27.8 Å². The number of benzene rings is 3. The highest BCUT2D eigenvalue weighted by molar-refractivity contribution is 7.22. The number of carbonyl (C=O) groups excluding carboxylic acids is 2. The van der Waals surface area contributed by atoms with Gasteiger partial charge < -0.3 is 10.6 Å². The van der Waals surface area contributed by atoms with Gasteiger partial charge in [-0.2, -0.15) is 0 Å². The highest BCUT2D eigenvalue weighted by atomic mass is 32.1. The van der Waals surface area contributed by atoms with Crippen molar-refractivity contribution in [1.82, 2.24) is 4.98 Å². The maximum Gasteiger partial charge on any atom is 0.255 e. The predicted octanol–water partition coefficient (Wildman–Crippen LogP) is 5.95. The van der Waals surface area contributed by atoms with Gasteiger partial charge in [-0.3, -0.25) is 9.59 Å². The molecule has 1 aromatic heterocycles. The van der Waals surface area contributed by atoms with E-state index in [-0.39, 0.29) is 11.8 Å². The Hall–Kier alpha value is -3.51. The molecule has 0 bridgehead atoms. The van der Waals surface area contributed by atoms with Crippen molar-refractivity contribution < 1.29 is 9.59 Å². The molecule has 2 N–H and O–H groups in total. The van der Waals surface area contributed by atoms with Crippen molar-refractivity contribution in [3.8, 4) is 11.1 Å². The topological polar surface area (TPSA) is 71.1 Å². The highest BCUT2D eigenvalue weighted by Gasteiger charge is 2.10. The summed E-state index contributed by atoms with van der Waals surface area (Å²) in [5.41, 5.74) is 4.25. The molecule has 6 heteroatoms. The second-order valence-electron chi connectivity index (χ2n) is 6.90. The summed E-state index contributed by atoms with van der Waals surface area (Å²) in [6.07, 6.45) is 1.26. The number of fused-ring (bicyclic) bond motifs is 1. The SMILES string of the molecule is CCCC(=O)Nc1nc2ccc(NC(=O)c3ccc(-c4ccccc4)cc3)cc2s1. The van der Waals surface area contributed by atoms with Crippen LogP contribution in [-0.4, -0.2) is 16.8 Å². The Balaban J connectivity index is 1.46. The van der Waals surface area contributed by atoms with Crippen molar-refractivity contribution >= 4 is 44.2 Å². The van der Waals surface area contributed by atoms with E-state index in [2.05, 4.69) is 15.6 Å². The Bertz CT molecular complexity index is 1180. The summed E-state index contributed by atoms with van der Waals surface area (Å²) >= 11 is 1.39. The molecule has 0 aliphatic heterocycles. The van der Waals surface area contributed by atoms with Crippen LogP contribution in [0.4, 0.5) is 10.8 Å². The van der Waals surface area contributed by atoms with Crippen LogP contribution in [0.15, 0.2) is 72.8 Å². The summed E-state index contributed by atoms with van der Waals surface area (Å²) in [5, 5.41) is 6.32. The van der Waals surface area contributed by atoms with Crippen molar-refractivity contribution in [1.29, 1.82) is 0 Å². The number of hydrogen-bond donors (Lipinski definition) is 2. The van der Waals surface area contributed by atoms with Gasteiger partial charge in [-0.15, -0.1) is 0 Å². The van der Waals surface area contributed by atoms with Crippen LogP contribution in [0, 0.1) is 0 Å². The smallest absolute Gasteiger partial charge is 0.255 e. The van der Waals surface area contributed by atoms with E-state index in [0.29, 0.717) is 22.8 Å². The molecule has 0 unspecified atom stereocenters. The second-order valence-corrected chi connectivity index (χ2v) is 7.93. The van der Waals surface area contributed by atoms with Gasteiger partial charge in [0.25, 0.3) is 5.91 Å². The van der Waals surface area contributed by atoms with Gasteiger partial charge in [0, 0.05) is 17.7 Å². The van der Waals surface area contributed by atoms with Gasteiger partial charge >= 0.3 is 0 Å². The molecule has 0 fully saturated rings. The fraction of sp³-hybridized carbons (Fsp3) is 0.125. The maximum atomic E-state index is 12.6. The van der Waals surface area contributed by atoms with Gasteiger partial charge in [-0.05, 0) is 47.9 Å². The lowest BCUT2D eigenvalue weighted by Crippen LogP contribution is -2.11. The first-order valence-electron chi connectivity index (χ1n) is 9.79. The normalized spacial score (nSPS) is 10.7. The predicted molar refractivity (Wildman–Crippen MR) is 123 cm³/mol. The first kappa shape index (κ1) is 19.8. The number of aromatic nitrogens is 1. The minimum Gasteiger partial charge on any atom is -0.322 e. The first-order chi connectivity index (χ1) is 14.6. The largest absolute Gasteiger partial charge is 0.322 e. The van der Waals surface area contributed by atoms with E-state index < -0.39 is 0 Å². The standard InChI is InChI=1S/C24H21N3O2S/c1-2-6-22(28)27-24-26-20-14-13-19(15-21(20)30-24)25-23(29)18-11-9-17(10-12-18)16-7-4-3-5-8-16/h3-5,7-15H,2,6H2,1H3,(H,25,29)(H,26,27,28). The zero-order valence-electron chi connectivity index (χ0n) is 16.5. The fourth-order valence-corrected chi connectivity index (χ4v) is 4.03. The molecule has 4 rings (SSSR count). The monoisotopic (exact) mass is 415 g/mol. The fourth-order valence-electron chi connectivity index (χ4n) is 3.11. The average molecular weight is 416 g/mol. The number of anilines is 2. The van der Waals surface area contributed by atoms with Gasteiger partial charge in [-0.1, -0.05) is 60.7 Å². The summed E-state index contributed by atoms with van der Waals surface area (Å²) < 4.78 is 0.902. The van der Waals surface area contributed by atoms with Crippen molar-refractivity contribution in [2.45, 2.75) is 19.8 Å². The van der Waals surface area contributed by atoms with Crippen LogP contribution < -0.4 is 10.6 Å². The van der Waals surface area contributed by atoms with Crippen LogP contribution >= 0.6 is 11.3 Å². The molecule has 150 valence electrons. The molecule has 1 heterocycles. The Labute approximate surface area is 178 Å². The van der Waals surface area contributed by atoms with Crippen LogP contribution in [0.25, 0.3) is 21.3 Å². The molecule has 3 aromatic carbocycles. The lowest BCUT2D eigenvalue weighted by atomic mass is 10.0. The zero-order chi connectivity index (χ0) is 20.9. The Morgan fingerprint density at radius 1 is 0.900 bits per heavy atom. The molecule has 0 radical (unpaired) electrons. The molecule has 30 heavy (non-hydrogen) atoms. The number of amides is 2. The third-order valence-electron chi connectivity index (χ3n) is 4.62. The quantitative estimate of drug-likeness (QED) is 0.408. The molecule has 0 saturated carbocycles. The zero-order valence-corrected chi connectivity index (χ0v) is 17.3. The Morgan fingerprint density at radius 3 is 2.37 bits per heavy atom. The lowest BCUT2D eigenvalue weighted by Gasteiger charge is -2.07.